The molecule has 0 aliphatic rings. The van der Waals surface area contributed by atoms with Gasteiger partial charge >= 0.3 is 0 Å². The topological polar surface area (TPSA) is 51.6 Å². The van der Waals surface area contributed by atoms with E-state index >= 15 is 0 Å². The van der Waals surface area contributed by atoms with E-state index in [-0.39, 0.29) is 0 Å². The molecule has 0 saturated carbocycles. The van der Waals surface area contributed by atoms with Crippen molar-refractivity contribution in [2.24, 2.45) is 0 Å². The summed E-state index contributed by atoms with van der Waals surface area (Å²) in [6, 6.07) is 13.9. The van der Waals surface area contributed by atoms with Gasteiger partial charge in [0.05, 0.1) is 5.69 Å². The molecule has 0 N–H and O–H groups in total. The molecule has 0 spiro atoms. The standard InChI is InChI=1S/C14H10N4/c1-2-4-11(5-3-1)13-8-12(6-7-16-13)14-17-9-15-10-18-14/h1-10H. The van der Waals surface area contributed by atoms with E-state index in [9.17, 15) is 0 Å². The fourth-order valence-electron chi connectivity index (χ4n) is 1.72. The quantitative estimate of drug-likeness (QED) is 0.684. The molecule has 4 heteroatoms. The van der Waals surface area contributed by atoms with Crippen molar-refractivity contribution in [1.29, 1.82) is 0 Å². The second kappa shape index (κ2) is 4.71. The number of pyridine rings is 1. The molecule has 0 aliphatic carbocycles. The van der Waals surface area contributed by atoms with Crippen LogP contribution in [0.3, 0.4) is 0 Å². The molecule has 2 heterocycles. The molecule has 3 aromatic rings. The van der Waals surface area contributed by atoms with Crippen LogP contribution in [0.15, 0.2) is 61.3 Å². The smallest absolute Gasteiger partial charge is 0.162 e. The van der Waals surface area contributed by atoms with Crippen LogP contribution in [0.4, 0.5) is 0 Å². The van der Waals surface area contributed by atoms with Crippen LogP contribution in [-0.4, -0.2) is 19.9 Å². The SMILES string of the molecule is c1ccc(-c2cc(-c3ncncn3)ccn2)cc1. The average molecular weight is 234 g/mol. The summed E-state index contributed by atoms with van der Waals surface area (Å²) >= 11 is 0. The van der Waals surface area contributed by atoms with E-state index in [1.165, 1.54) is 12.7 Å². The summed E-state index contributed by atoms with van der Waals surface area (Å²) in [7, 11) is 0. The van der Waals surface area contributed by atoms with Gasteiger partial charge in [-0.3, -0.25) is 4.98 Å². The molecular weight excluding hydrogens is 224 g/mol. The highest BCUT2D eigenvalue weighted by atomic mass is 15.0. The molecule has 3 rings (SSSR count). The molecule has 0 aliphatic heterocycles. The van der Waals surface area contributed by atoms with Crippen LogP contribution in [0.25, 0.3) is 22.6 Å². The largest absolute Gasteiger partial charge is 0.256 e. The first-order chi connectivity index (χ1) is 8.93. The Morgan fingerprint density at radius 2 is 1.50 bits per heavy atom. The Bertz CT molecular complexity index is 583. The molecule has 86 valence electrons. The van der Waals surface area contributed by atoms with Gasteiger partial charge in [0.2, 0.25) is 0 Å². The first-order valence-electron chi connectivity index (χ1n) is 5.57. The minimum Gasteiger partial charge on any atom is -0.256 e. The predicted octanol–water partition coefficient (Wildman–Crippen LogP) is 2.60. The van der Waals surface area contributed by atoms with Crippen LogP contribution in [-0.2, 0) is 0 Å². The van der Waals surface area contributed by atoms with Crippen LogP contribution in [0.5, 0.6) is 0 Å². The molecule has 0 bridgehead atoms. The lowest BCUT2D eigenvalue weighted by molar-refractivity contribution is 1.05. The third-order valence-electron chi connectivity index (χ3n) is 2.58. The monoisotopic (exact) mass is 234 g/mol. The van der Waals surface area contributed by atoms with Crippen molar-refractivity contribution >= 4 is 0 Å². The summed E-state index contributed by atoms with van der Waals surface area (Å²) in [6.45, 7) is 0. The summed E-state index contributed by atoms with van der Waals surface area (Å²) < 4.78 is 0. The Morgan fingerprint density at radius 1 is 0.722 bits per heavy atom. The van der Waals surface area contributed by atoms with E-state index < -0.39 is 0 Å². The van der Waals surface area contributed by atoms with Gasteiger partial charge in [0, 0.05) is 17.3 Å². The molecule has 0 amide bonds. The molecule has 0 fully saturated rings. The van der Waals surface area contributed by atoms with Crippen molar-refractivity contribution in [3.63, 3.8) is 0 Å². The Labute approximate surface area is 104 Å². The highest BCUT2D eigenvalue weighted by molar-refractivity contribution is 5.66. The van der Waals surface area contributed by atoms with E-state index in [0.717, 1.165) is 16.8 Å². The van der Waals surface area contributed by atoms with E-state index in [1.807, 2.05) is 42.5 Å². The zero-order valence-corrected chi connectivity index (χ0v) is 9.56. The minimum atomic E-state index is 0.657. The Morgan fingerprint density at radius 3 is 2.28 bits per heavy atom. The highest BCUT2D eigenvalue weighted by Gasteiger charge is 2.03. The number of hydrogen-bond acceptors (Lipinski definition) is 4. The summed E-state index contributed by atoms with van der Waals surface area (Å²) in [5, 5.41) is 0. The Hall–Kier alpha value is -2.62. The fourth-order valence-corrected chi connectivity index (χ4v) is 1.72. The maximum Gasteiger partial charge on any atom is 0.162 e. The number of hydrogen-bond donors (Lipinski definition) is 0. The maximum atomic E-state index is 4.36. The lowest BCUT2D eigenvalue weighted by Crippen LogP contribution is -1.90. The second-order valence-electron chi connectivity index (χ2n) is 3.76. The van der Waals surface area contributed by atoms with Gasteiger partial charge in [0.25, 0.3) is 0 Å². The van der Waals surface area contributed by atoms with Gasteiger partial charge in [-0.15, -0.1) is 0 Å². The van der Waals surface area contributed by atoms with Gasteiger partial charge in [-0.05, 0) is 12.1 Å². The molecule has 1 aromatic carbocycles. The molecule has 0 atom stereocenters. The molecular formula is C14H10N4. The molecule has 0 saturated heterocycles. The van der Waals surface area contributed by atoms with Crippen molar-refractivity contribution in [2.75, 3.05) is 0 Å². The van der Waals surface area contributed by atoms with Crippen molar-refractivity contribution in [1.82, 2.24) is 19.9 Å². The number of rotatable bonds is 2. The minimum absolute atomic E-state index is 0.657. The van der Waals surface area contributed by atoms with Crippen molar-refractivity contribution in [3.8, 4) is 22.6 Å². The van der Waals surface area contributed by atoms with E-state index in [1.54, 1.807) is 6.20 Å². The Balaban J connectivity index is 2.05. The van der Waals surface area contributed by atoms with Gasteiger partial charge < -0.3 is 0 Å². The van der Waals surface area contributed by atoms with Crippen molar-refractivity contribution < 1.29 is 0 Å². The lowest BCUT2D eigenvalue weighted by Gasteiger charge is -2.03. The van der Waals surface area contributed by atoms with Crippen molar-refractivity contribution in [3.05, 3.63) is 61.3 Å². The van der Waals surface area contributed by atoms with Crippen LogP contribution >= 0.6 is 0 Å². The van der Waals surface area contributed by atoms with Crippen LogP contribution in [0.2, 0.25) is 0 Å². The zero-order chi connectivity index (χ0) is 12.2. The molecule has 2 aromatic heterocycles. The molecule has 18 heavy (non-hydrogen) atoms. The van der Waals surface area contributed by atoms with E-state index in [4.69, 9.17) is 0 Å². The first-order valence-corrected chi connectivity index (χ1v) is 5.57. The summed E-state index contributed by atoms with van der Waals surface area (Å²) in [4.78, 5) is 16.4. The number of aromatic nitrogens is 4. The van der Waals surface area contributed by atoms with Gasteiger partial charge in [-0.2, -0.15) is 0 Å². The van der Waals surface area contributed by atoms with Crippen molar-refractivity contribution in [2.45, 2.75) is 0 Å². The fraction of sp³-hybridized carbons (Fsp3) is 0. The lowest BCUT2D eigenvalue weighted by atomic mass is 10.1. The number of benzene rings is 1. The van der Waals surface area contributed by atoms with Crippen LogP contribution < -0.4 is 0 Å². The second-order valence-corrected chi connectivity index (χ2v) is 3.76. The van der Waals surface area contributed by atoms with E-state index in [0.29, 0.717) is 5.82 Å². The maximum absolute atomic E-state index is 4.36. The first kappa shape index (κ1) is 10.5. The predicted molar refractivity (Wildman–Crippen MR) is 68.5 cm³/mol. The van der Waals surface area contributed by atoms with E-state index in [2.05, 4.69) is 19.9 Å². The van der Waals surface area contributed by atoms with Gasteiger partial charge in [-0.25, -0.2) is 15.0 Å². The number of nitrogens with zero attached hydrogens (tertiary/aromatic N) is 4. The van der Waals surface area contributed by atoms with Gasteiger partial charge in [0.15, 0.2) is 5.82 Å². The van der Waals surface area contributed by atoms with Gasteiger partial charge in [-0.1, -0.05) is 30.3 Å². The van der Waals surface area contributed by atoms with Gasteiger partial charge in [0.1, 0.15) is 12.7 Å². The van der Waals surface area contributed by atoms with Crippen LogP contribution in [0, 0.1) is 0 Å². The summed E-state index contributed by atoms with van der Waals surface area (Å²) in [5.41, 5.74) is 2.92. The highest BCUT2D eigenvalue weighted by Crippen LogP contribution is 2.21. The molecule has 4 nitrogen and oxygen atoms in total. The summed E-state index contributed by atoms with van der Waals surface area (Å²) in [5.74, 6) is 0.657. The third-order valence-corrected chi connectivity index (χ3v) is 2.58. The zero-order valence-electron chi connectivity index (χ0n) is 9.56. The molecule has 0 radical (unpaired) electrons. The van der Waals surface area contributed by atoms with Crippen LogP contribution in [0.1, 0.15) is 0 Å². The summed E-state index contributed by atoms with van der Waals surface area (Å²) in [6.07, 6.45) is 4.75. The third kappa shape index (κ3) is 2.08. The average Bonchev–Trinajstić information content (AvgIpc) is 2.49. The normalized spacial score (nSPS) is 10.2. The molecule has 0 unspecified atom stereocenters. The Kier molecular flexibility index (Phi) is 2.75.